The fourth-order valence-corrected chi connectivity index (χ4v) is 3.05. The lowest BCUT2D eigenvalue weighted by atomic mass is 10.0. The summed E-state index contributed by atoms with van der Waals surface area (Å²) in [5.41, 5.74) is 1.93. The average Bonchev–Trinajstić information content (AvgIpc) is 2.71. The Morgan fingerprint density at radius 3 is 2.20 bits per heavy atom. The van der Waals surface area contributed by atoms with Gasteiger partial charge in [0.1, 0.15) is 17.6 Å². The third kappa shape index (κ3) is 7.48. The zero-order valence-corrected chi connectivity index (χ0v) is 17.7. The fourth-order valence-electron chi connectivity index (χ4n) is 3.05. The minimum Gasteiger partial charge on any atom is -0.508 e. The number of nitrogens with one attached hydrogen (secondary N) is 2. The molecule has 2 atom stereocenters. The van der Waals surface area contributed by atoms with Gasteiger partial charge in [0, 0.05) is 6.54 Å². The highest BCUT2D eigenvalue weighted by molar-refractivity contribution is 5.89. The monoisotopic (exact) mass is 415 g/mol. The van der Waals surface area contributed by atoms with Gasteiger partial charge in [-0.15, -0.1) is 0 Å². The van der Waals surface area contributed by atoms with E-state index in [1.807, 2.05) is 14.1 Å². The number of nitrogens with zero attached hydrogens (tertiary/aromatic N) is 1. The van der Waals surface area contributed by atoms with Crippen molar-refractivity contribution in [2.75, 3.05) is 20.6 Å². The van der Waals surface area contributed by atoms with E-state index in [4.69, 9.17) is 0 Å². The van der Waals surface area contributed by atoms with Gasteiger partial charge in [0.15, 0.2) is 0 Å². The minimum atomic E-state index is -0.661. The Morgan fingerprint density at radius 2 is 1.60 bits per heavy atom. The number of carbonyl (C=O) groups is 2. The van der Waals surface area contributed by atoms with Crippen LogP contribution in [-0.2, 0) is 22.4 Å². The van der Waals surface area contributed by atoms with Gasteiger partial charge in [-0.3, -0.25) is 14.5 Å². The van der Waals surface area contributed by atoms with Crippen molar-refractivity contribution < 1.29 is 19.1 Å². The topological polar surface area (TPSA) is 81.7 Å². The number of benzene rings is 2. The van der Waals surface area contributed by atoms with Crippen molar-refractivity contribution in [2.24, 2.45) is 0 Å². The molecule has 0 saturated carbocycles. The van der Waals surface area contributed by atoms with E-state index in [2.05, 4.69) is 10.6 Å². The van der Waals surface area contributed by atoms with Crippen LogP contribution in [0.3, 0.4) is 0 Å². The van der Waals surface area contributed by atoms with Crippen LogP contribution in [0.4, 0.5) is 4.39 Å². The molecule has 0 aliphatic heterocycles. The second-order valence-corrected chi connectivity index (χ2v) is 7.60. The summed E-state index contributed by atoms with van der Waals surface area (Å²) in [4.78, 5) is 26.8. The van der Waals surface area contributed by atoms with E-state index in [1.54, 1.807) is 48.2 Å². The maximum Gasteiger partial charge on any atom is 0.242 e. The van der Waals surface area contributed by atoms with Crippen molar-refractivity contribution in [1.29, 1.82) is 0 Å². The normalized spacial score (nSPS) is 13.0. The molecule has 2 aromatic rings. The van der Waals surface area contributed by atoms with Crippen LogP contribution in [0.1, 0.15) is 24.5 Å². The molecule has 6 nitrogen and oxygen atoms in total. The molecule has 0 bridgehead atoms. The molecule has 0 fully saturated rings. The summed E-state index contributed by atoms with van der Waals surface area (Å²) >= 11 is 0. The molecule has 0 aliphatic rings. The summed E-state index contributed by atoms with van der Waals surface area (Å²) in [6, 6.07) is 11.9. The first-order valence-electron chi connectivity index (χ1n) is 10.0. The molecule has 7 heteroatoms. The van der Waals surface area contributed by atoms with Crippen LogP contribution >= 0.6 is 0 Å². The van der Waals surface area contributed by atoms with Gasteiger partial charge in [-0.1, -0.05) is 24.3 Å². The molecular weight excluding hydrogens is 385 g/mol. The molecule has 2 aromatic carbocycles. The van der Waals surface area contributed by atoms with E-state index in [0.29, 0.717) is 13.0 Å². The molecule has 0 unspecified atom stereocenters. The molecule has 0 radical (unpaired) electrons. The van der Waals surface area contributed by atoms with E-state index in [1.165, 1.54) is 12.1 Å². The molecule has 0 aromatic heterocycles. The Morgan fingerprint density at radius 1 is 1.00 bits per heavy atom. The lowest BCUT2D eigenvalue weighted by molar-refractivity contribution is -0.131. The number of aromatic hydroxyl groups is 1. The summed E-state index contributed by atoms with van der Waals surface area (Å²) in [5, 5.41) is 15.0. The Kier molecular flexibility index (Phi) is 8.80. The molecule has 0 saturated heterocycles. The van der Waals surface area contributed by atoms with Gasteiger partial charge in [0.2, 0.25) is 11.8 Å². The van der Waals surface area contributed by atoms with Crippen LogP contribution in [0.25, 0.3) is 0 Å². The summed E-state index contributed by atoms with van der Waals surface area (Å²) in [6.45, 7) is 2.13. The van der Waals surface area contributed by atoms with E-state index in [-0.39, 0.29) is 23.4 Å². The number of halogens is 1. The van der Waals surface area contributed by atoms with Gasteiger partial charge in [0.25, 0.3) is 0 Å². The predicted octanol–water partition coefficient (Wildman–Crippen LogP) is 2.26. The summed E-state index contributed by atoms with van der Waals surface area (Å²) in [6.07, 6.45) is 1.92. The van der Waals surface area contributed by atoms with Gasteiger partial charge in [-0.05, 0) is 75.7 Å². The number of carbonyl (C=O) groups excluding carboxylic acids is 2. The predicted molar refractivity (Wildman–Crippen MR) is 115 cm³/mol. The number of rotatable bonds is 10. The van der Waals surface area contributed by atoms with E-state index in [0.717, 1.165) is 24.0 Å². The zero-order valence-electron chi connectivity index (χ0n) is 17.7. The van der Waals surface area contributed by atoms with Gasteiger partial charge >= 0.3 is 0 Å². The van der Waals surface area contributed by atoms with E-state index in [9.17, 15) is 19.1 Å². The standard InChI is InChI=1S/C23H30FN3O3/c1-16(22(29)25-14-4-5-17-6-10-19(24)11-7-17)26-23(30)21(27(2)3)15-18-8-12-20(28)13-9-18/h6-13,16,21,28H,4-5,14-15H2,1-3H3,(H,25,29)(H,26,30)/t16-,21+/m1/s1. The summed E-state index contributed by atoms with van der Waals surface area (Å²) in [5.74, 6) is -0.570. The highest BCUT2D eigenvalue weighted by Gasteiger charge is 2.24. The minimum absolute atomic E-state index is 0.175. The van der Waals surface area contributed by atoms with Crippen molar-refractivity contribution in [1.82, 2.24) is 15.5 Å². The Bertz CT molecular complexity index is 823. The molecule has 3 N–H and O–H groups in total. The zero-order chi connectivity index (χ0) is 22.1. The molecule has 0 aliphatic carbocycles. The Balaban J connectivity index is 1.79. The summed E-state index contributed by atoms with van der Waals surface area (Å²) < 4.78 is 12.9. The van der Waals surface area contributed by atoms with Crippen molar-refractivity contribution in [2.45, 2.75) is 38.3 Å². The first-order valence-corrected chi connectivity index (χ1v) is 10.0. The smallest absolute Gasteiger partial charge is 0.242 e. The highest BCUT2D eigenvalue weighted by Crippen LogP contribution is 2.13. The third-order valence-electron chi connectivity index (χ3n) is 4.90. The number of amides is 2. The van der Waals surface area contributed by atoms with Crippen molar-refractivity contribution in [3.05, 3.63) is 65.5 Å². The number of phenols is 1. The number of aryl methyl sites for hydroxylation is 1. The second kappa shape index (κ2) is 11.3. The van der Waals surface area contributed by atoms with Crippen molar-refractivity contribution >= 4 is 11.8 Å². The van der Waals surface area contributed by atoms with Gasteiger partial charge in [-0.25, -0.2) is 4.39 Å². The molecule has 0 heterocycles. The van der Waals surface area contributed by atoms with Crippen LogP contribution in [0, 0.1) is 5.82 Å². The number of likely N-dealkylation sites (N-methyl/N-ethyl adjacent to an activating group) is 1. The molecular formula is C23H30FN3O3. The van der Waals surface area contributed by atoms with Gasteiger partial charge in [0.05, 0.1) is 6.04 Å². The van der Waals surface area contributed by atoms with Crippen molar-refractivity contribution in [3.63, 3.8) is 0 Å². The van der Waals surface area contributed by atoms with Gasteiger partial charge < -0.3 is 15.7 Å². The largest absolute Gasteiger partial charge is 0.508 e. The third-order valence-corrected chi connectivity index (χ3v) is 4.90. The maximum atomic E-state index is 12.9. The number of hydrogen-bond acceptors (Lipinski definition) is 4. The van der Waals surface area contributed by atoms with Crippen LogP contribution in [-0.4, -0.2) is 54.5 Å². The summed E-state index contributed by atoms with van der Waals surface area (Å²) in [7, 11) is 3.62. The van der Waals surface area contributed by atoms with E-state index < -0.39 is 12.1 Å². The van der Waals surface area contributed by atoms with Crippen LogP contribution in [0.5, 0.6) is 5.75 Å². The van der Waals surface area contributed by atoms with Crippen molar-refractivity contribution in [3.8, 4) is 5.75 Å². The van der Waals surface area contributed by atoms with Crippen LogP contribution in [0.2, 0.25) is 0 Å². The number of phenolic OH excluding ortho intramolecular Hbond substituents is 1. The molecule has 2 rings (SSSR count). The molecule has 2 amide bonds. The Hall–Kier alpha value is -2.93. The lowest BCUT2D eigenvalue weighted by Crippen LogP contribution is -2.52. The highest BCUT2D eigenvalue weighted by atomic mass is 19.1. The Labute approximate surface area is 177 Å². The van der Waals surface area contributed by atoms with Crippen LogP contribution < -0.4 is 10.6 Å². The SMILES string of the molecule is C[C@@H](NC(=O)[C@H](Cc1ccc(O)cc1)N(C)C)C(=O)NCCCc1ccc(F)cc1. The first-order chi connectivity index (χ1) is 14.3. The second-order valence-electron chi connectivity index (χ2n) is 7.60. The molecule has 0 spiro atoms. The lowest BCUT2D eigenvalue weighted by Gasteiger charge is -2.25. The average molecular weight is 416 g/mol. The number of hydrogen-bond donors (Lipinski definition) is 3. The maximum absolute atomic E-state index is 12.9. The quantitative estimate of drug-likeness (QED) is 0.520. The fraction of sp³-hybridized carbons (Fsp3) is 0.391. The molecule has 30 heavy (non-hydrogen) atoms. The van der Waals surface area contributed by atoms with Gasteiger partial charge in [-0.2, -0.15) is 0 Å². The first kappa shape index (κ1) is 23.3. The molecule has 162 valence electrons. The van der Waals surface area contributed by atoms with Crippen LogP contribution in [0.15, 0.2) is 48.5 Å². The van der Waals surface area contributed by atoms with E-state index >= 15 is 0 Å².